The van der Waals surface area contributed by atoms with Crippen molar-refractivity contribution < 1.29 is 56.2 Å². The Morgan fingerprint density at radius 1 is 0.478 bits per heavy atom. The summed E-state index contributed by atoms with van der Waals surface area (Å²) in [6.45, 7) is 4.82. The Morgan fingerprint density at radius 2 is 0.841 bits per heavy atom. The second-order valence-corrected chi connectivity index (χ2v) is 22.2. The quantitative estimate of drug-likeness (QED) is 0.0275. The van der Waals surface area contributed by atoms with Gasteiger partial charge in [0.15, 0.2) is 0 Å². The third kappa shape index (κ3) is 12.8. The summed E-state index contributed by atoms with van der Waals surface area (Å²) in [6.07, 6.45) is 1.81. The molecule has 0 amide bonds. The number of para-hydroxylation sites is 6. The van der Waals surface area contributed by atoms with Crippen LogP contribution in [0.25, 0.3) is 0 Å². The Hall–Kier alpha value is -5.24. The average molecular weight is 994 g/mol. The van der Waals surface area contributed by atoms with E-state index in [2.05, 4.69) is 0 Å². The zero-order valence-corrected chi connectivity index (χ0v) is 40.6. The van der Waals surface area contributed by atoms with Crippen LogP contribution in [0.4, 0.5) is 0 Å². The van der Waals surface area contributed by atoms with Crippen LogP contribution >= 0.6 is 24.6 Å². The van der Waals surface area contributed by atoms with E-state index in [1.54, 1.807) is 4.60 Å². The fourth-order valence-corrected chi connectivity index (χ4v) is 14.9. The molecule has 3 saturated heterocycles. The summed E-state index contributed by atoms with van der Waals surface area (Å²) >= 11 is 0. The second kappa shape index (κ2) is 22.7. The fraction of sp³-hybridized carbons (Fsp3) is 0.294. The summed E-state index contributed by atoms with van der Waals surface area (Å²) in [6, 6.07) is 51.6. The van der Waals surface area contributed by atoms with Crippen molar-refractivity contribution in [2.75, 3.05) is 59.5 Å². The van der Waals surface area contributed by atoms with Crippen molar-refractivity contribution >= 4 is 24.6 Å². The molecule has 0 spiro atoms. The molecule has 15 nitrogen and oxygen atoms in total. The van der Waals surface area contributed by atoms with Crippen LogP contribution in [0.2, 0.25) is 0 Å². The van der Waals surface area contributed by atoms with Crippen LogP contribution in [0, 0.1) is 0 Å². The van der Waals surface area contributed by atoms with Gasteiger partial charge in [-0.1, -0.05) is 0 Å². The molecule has 4 unspecified atom stereocenters. The normalized spacial score (nSPS) is 21.8. The van der Waals surface area contributed by atoms with Crippen molar-refractivity contribution in [3.8, 4) is 34.5 Å². The summed E-state index contributed by atoms with van der Waals surface area (Å²) < 4.78 is 73.6. The summed E-state index contributed by atoms with van der Waals surface area (Å²) in [5.74, 6) is 2.79. The zero-order valence-electron chi connectivity index (χ0n) is 37.9. The molecular weight excluding hydrogens is 939 g/mol. The molecule has 4 aliphatic rings. The minimum atomic E-state index is -5.64. The summed E-state index contributed by atoms with van der Waals surface area (Å²) in [5.41, 5.74) is 2.46. The predicted molar refractivity (Wildman–Crippen MR) is 262 cm³/mol. The molecule has 4 atom stereocenters. The van der Waals surface area contributed by atoms with Gasteiger partial charge < -0.3 is 0 Å². The van der Waals surface area contributed by atoms with E-state index < -0.39 is 16.0 Å². The van der Waals surface area contributed by atoms with Gasteiger partial charge >= 0.3 is 406 Å². The minimum absolute atomic E-state index is 0.116. The van der Waals surface area contributed by atoms with Crippen molar-refractivity contribution in [2.24, 2.45) is 4.52 Å². The molecule has 69 heavy (non-hydrogen) atoms. The Morgan fingerprint density at radius 3 is 1.25 bits per heavy atom. The van der Waals surface area contributed by atoms with Gasteiger partial charge in [-0.05, 0) is 0 Å². The van der Waals surface area contributed by atoms with E-state index in [0.717, 1.165) is 16.7 Å². The molecule has 4 heterocycles. The predicted octanol–water partition coefficient (Wildman–Crippen LogP) is 11.2. The van der Waals surface area contributed by atoms with Crippen molar-refractivity contribution in [2.45, 2.75) is 37.6 Å². The first kappa shape index (κ1) is 47.4. The van der Waals surface area contributed by atoms with Gasteiger partial charge in [-0.15, -0.1) is 0 Å². The Labute approximate surface area is 405 Å². The van der Waals surface area contributed by atoms with E-state index in [9.17, 15) is 0 Å². The van der Waals surface area contributed by atoms with Crippen LogP contribution in [-0.2, 0) is 47.7 Å². The van der Waals surface area contributed by atoms with Gasteiger partial charge in [-0.25, -0.2) is 0 Å². The third-order valence-electron chi connectivity index (χ3n) is 11.0. The van der Waals surface area contributed by atoms with Crippen LogP contribution in [-0.4, -0.2) is 87.0 Å². The SMILES string of the molecule is c1ccc(ON2P=NP(Oc3ccccc3CCOCC3CO3)(Oc3ccccc3CCOCC3CO3)(Oc3ccccc3CCOCC3CO3)N(Oc3ccccc3)P2Oc2ccccc2)cc1. The van der Waals surface area contributed by atoms with E-state index in [-0.39, 0.29) is 26.8 Å². The average Bonchev–Trinajstić information content (AvgIpc) is 4.23. The van der Waals surface area contributed by atoms with Gasteiger partial charge in [0.25, 0.3) is 0 Å². The number of nitrogens with zero attached hydrogens (tertiary/aromatic N) is 3. The molecule has 0 aromatic heterocycles. The number of hydrogen-bond acceptors (Lipinski definition) is 15. The molecule has 0 bridgehead atoms. The summed E-state index contributed by atoms with van der Waals surface area (Å²) in [7, 11) is -7.76. The van der Waals surface area contributed by atoms with E-state index in [4.69, 9.17) is 60.7 Å². The molecule has 6 aromatic rings. The molecule has 3 fully saturated rings. The molecule has 0 N–H and O–H groups in total. The van der Waals surface area contributed by atoms with Gasteiger partial charge in [0.1, 0.15) is 0 Å². The maximum atomic E-state index is 7.74. The van der Waals surface area contributed by atoms with Crippen molar-refractivity contribution in [1.29, 1.82) is 0 Å². The first-order valence-electron chi connectivity index (χ1n) is 23.0. The molecule has 0 aliphatic carbocycles. The standard InChI is InChI=1S/C51H54N3O12P3/c1-4-19-43(20-5-1)61-53-67-52-69(64-49-25-13-10-16-40(49)28-31-55-34-46-37-58-46,65-50-26-14-11-17-41(50)29-32-56-35-47-38-59-47,66-51-27-15-12-18-42(51)30-33-57-36-48-39-60-48)54(62-44-21-6-2-7-22-44)68(53)63-45-23-8-3-9-24-45/h1-27,46-48H,28-39H2. The number of epoxide rings is 3. The van der Waals surface area contributed by atoms with Gasteiger partial charge in [0.2, 0.25) is 0 Å². The van der Waals surface area contributed by atoms with Gasteiger partial charge in [0, 0.05) is 0 Å². The van der Waals surface area contributed by atoms with Crippen molar-refractivity contribution in [3.05, 3.63) is 180 Å². The third-order valence-corrected chi connectivity index (χ3v) is 18.1. The van der Waals surface area contributed by atoms with Gasteiger partial charge in [0.05, 0.1) is 0 Å². The van der Waals surface area contributed by atoms with Crippen LogP contribution < -0.4 is 27.8 Å². The maximum absolute atomic E-state index is 7.74. The van der Waals surface area contributed by atoms with Crippen LogP contribution in [0.5, 0.6) is 34.5 Å². The van der Waals surface area contributed by atoms with Crippen LogP contribution in [0.1, 0.15) is 16.7 Å². The van der Waals surface area contributed by atoms with E-state index in [0.29, 0.717) is 113 Å². The van der Waals surface area contributed by atoms with Crippen molar-refractivity contribution in [1.82, 2.24) is 9.21 Å². The Balaban J connectivity index is 1.17. The Kier molecular flexibility index (Phi) is 15.6. The van der Waals surface area contributed by atoms with Gasteiger partial charge in [-0.3, -0.25) is 0 Å². The summed E-state index contributed by atoms with van der Waals surface area (Å²) in [5, 5.41) is 0. The monoisotopic (exact) mass is 993 g/mol. The molecule has 10 rings (SSSR count). The number of ether oxygens (including phenoxy) is 6. The van der Waals surface area contributed by atoms with Crippen LogP contribution in [0.15, 0.2) is 168 Å². The molecule has 0 saturated carbocycles. The van der Waals surface area contributed by atoms with Crippen molar-refractivity contribution in [3.63, 3.8) is 0 Å². The zero-order chi connectivity index (χ0) is 46.6. The second-order valence-electron chi connectivity index (χ2n) is 16.4. The Bertz CT molecular complexity index is 2430. The molecule has 6 aromatic carbocycles. The van der Waals surface area contributed by atoms with E-state index in [1.165, 1.54) is 4.60 Å². The number of rotatable bonds is 27. The number of hydrogen-bond donors (Lipinski definition) is 0. The topological polar surface area (TPSA) is 140 Å². The summed E-state index contributed by atoms with van der Waals surface area (Å²) in [4.78, 5) is 14.0. The molecule has 4 aliphatic heterocycles. The number of benzene rings is 6. The van der Waals surface area contributed by atoms with E-state index in [1.807, 2.05) is 164 Å². The van der Waals surface area contributed by atoms with Crippen LogP contribution in [0.3, 0.4) is 0 Å². The first-order chi connectivity index (χ1) is 34.1. The molecule has 0 radical (unpaired) electrons. The molecule has 18 heteroatoms. The van der Waals surface area contributed by atoms with E-state index >= 15 is 0 Å². The molecule has 360 valence electrons. The first-order valence-corrected chi connectivity index (χ1v) is 26.9. The van der Waals surface area contributed by atoms with Gasteiger partial charge in [-0.2, -0.15) is 0 Å². The molecular formula is C51H54N3O12P3. The fourth-order valence-electron chi connectivity index (χ4n) is 7.12.